The van der Waals surface area contributed by atoms with Crippen LogP contribution in [0.2, 0.25) is 5.02 Å². The molecular formula is C21H15ClF2N6O. The van der Waals surface area contributed by atoms with Gasteiger partial charge in [0.15, 0.2) is 5.65 Å². The fraction of sp³-hybridized carbons (Fsp3) is 0.143. The number of fused-ring (bicyclic) bond motifs is 1. The smallest absolute Gasteiger partial charge is 0.319 e. The maximum Gasteiger partial charge on any atom is 0.322 e. The van der Waals surface area contributed by atoms with Crippen LogP contribution >= 0.6 is 11.6 Å². The number of halogens is 3. The van der Waals surface area contributed by atoms with E-state index in [4.69, 9.17) is 11.6 Å². The van der Waals surface area contributed by atoms with Gasteiger partial charge in [0, 0.05) is 35.2 Å². The summed E-state index contributed by atoms with van der Waals surface area (Å²) in [4.78, 5) is 22.1. The summed E-state index contributed by atoms with van der Waals surface area (Å²) in [5, 5.41) is 8.14. The first kappa shape index (κ1) is 19.4. The molecule has 1 aliphatic heterocycles. The quantitative estimate of drug-likeness (QED) is 0.510. The highest BCUT2D eigenvalue weighted by atomic mass is 35.5. The van der Waals surface area contributed by atoms with Gasteiger partial charge in [-0.3, -0.25) is 4.98 Å². The van der Waals surface area contributed by atoms with Gasteiger partial charge in [0.1, 0.15) is 17.7 Å². The third-order valence-corrected chi connectivity index (χ3v) is 5.26. The predicted octanol–water partition coefficient (Wildman–Crippen LogP) is 4.46. The number of carbonyl (C=O) groups is 1. The second kappa shape index (κ2) is 7.59. The van der Waals surface area contributed by atoms with Crippen LogP contribution in [0.5, 0.6) is 0 Å². The Labute approximate surface area is 180 Å². The highest BCUT2D eigenvalue weighted by Crippen LogP contribution is 2.28. The van der Waals surface area contributed by atoms with Crippen LogP contribution in [0.25, 0.3) is 28.0 Å². The van der Waals surface area contributed by atoms with E-state index in [1.165, 1.54) is 27.8 Å². The van der Waals surface area contributed by atoms with Crippen molar-refractivity contribution in [2.24, 2.45) is 0 Å². The second-order valence-corrected chi connectivity index (χ2v) is 7.55. The standard InChI is InChI=1S/C21H15ClF2N6O/c22-16-2-1-5-25-19(16)12-6-13-9-30(28-20(13)26-8-12)18-7-15(3-4-17(18)24)27-21(31)29-10-14(23)11-29/h1-9,14H,10-11H2,(H,27,31). The molecule has 1 aromatic carbocycles. The monoisotopic (exact) mass is 440 g/mol. The minimum Gasteiger partial charge on any atom is -0.319 e. The number of likely N-dealkylation sites (tertiary alicyclic amines) is 1. The van der Waals surface area contributed by atoms with Gasteiger partial charge in [-0.15, -0.1) is 5.10 Å². The van der Waals surface area contributed by atoms with E-state index in [2.05, 4.69) is 20.4 Å². The Morgan fingerprint density at radius 1 is 1.19 bits per heavy atom. The molecule has 31 heavy (non-hydrogen) atoms. The summed E-state index contributed by atoms with van der Waals surface area (Å²) in [6.45, 7) is 0.109. The van der Waals surface area contributed by atoms with E-state index < -0.39 is 18.0 Å². The Hall–Kier alpha value is -3.59. The Morgan fingerprint density at radius 3 is 2.81 bits per heavy atom. The number of urea groups is 1. The van der Waals surface area contributed by atoms with E-state index in [1.54, 1.807) is 30.7 Å². The van der Waals surface area contributed by atoms with Crippen LogP contribution in [0.4, 0.5) is 19.3 Å². The van der Waals surface area contributed by atoms with Crippen molar-refractivity contribution in [3.63, 3.8) is 0 Å². The lowest BCUT2D eigenvalue weighted by atomic mass is 10.1. The summed E-state index contributed by atoms with van der Waals surface area (Å²) in [6, 6.07) is 8.99. The van der Waals surface area contributed by atoms with Gasteiger partial charge in [-0.05, 0) is 36.4 Å². The lowest BCUT2D eigenvalue weighted by Gasteiger charge is -2.34. The molecule has 0 atom stereocenters. The SMILES string of the molecule is O=C(Nc1ccc(F)c(-n2cc3cc(-c4ncccc4Cl)cnc3n2)c1)N1CC(F)C1. The summed E-state index contributed by atoms with van der Waals surface area (Å²) in [6.07, 6.45) is 3.88. The third-order valence-electron chi connectivity index (χ3n) is 4.96. The molecule has 4 heterocycles. The number of rotatable bonds is 3. The van der Waals surface area contributed by atoms with Gasteiger partial charge in [-0.1, -0.05) is 11.6 Å². The number of hydrogen-bond acceptors (Lipinski definition) is 4. The Kier molecular flexibility index (Phi) is 4.74. The van der Waals surface area contributed by atoms with Crippen LogP contribution in [0.15, 0.2) is 55.0 Å². The third kappa shape index (κ3) is 3.68. The molecule has 4 aromatic rings. The molecule has 0 aliphatic carbocycles. The lowest BCUT2D eigenvalue weighted by Crippen LogP contribution is -2.53. The van der Waals surface area contributed by atoms with Crippen molar-refractivity contribution in [2.45, 2.75) is 6.17 Å². The number of amides is 2. The largest absolute Gasteiger partial charge is 0.322 e. The molecule has 1 saturated heterocycles. The number of alkyl halides is 1. The maximum absolute atomic E-state index is 14.5. The molecular weight excluding hydrogens is 426 g/mol. The minimum absolute atomic E-state index is 0.0543. The number of nitrogens with one attached hydrogen (secondary N) is 1. The van der Waals surface area contributed by atoms with Crippen LogP contribution in [0, 0.1) is 5.82 Å². The highest BCUT2D eigenvalue weighted by Gasteiger charge is 2.30. The second-order valence-electron chi connectivity index (χ2n) is 7.14. The first-order valence-corrected chi connectivity index (χ1v) is 9.82. The van der Waals surface area contributed by atoms with E-state index in [-0.39, 0.29) is 18.8 Å². The first-order chi connectivity index (χ1) is 15.0. The molecule has 0 bridgehead atoms. The van der Waals surface area contributed by atoms with E-state index in [9.17, 15) is 13.6 Å². The normalized spacial score (nSPS) is 14.0. The number of hydrogen-bond donors (Lipinski definition) is 1. The molecule has 0 spiro atoms. The summed E-state index contributed by atoms with van der Waals surface area (Å²) in [7, 11) is 0. The number of aromatic nitrogens is 4. The molecule has 1 N–H and O–H groups in total. The number of pyridine rings is 2. The molecule has 0 unspecified atom stereocenters. The Balaban J connectivity index is 1.46. The molecule has 1 aliphatic rings. The van der Waals surface area contributed by atoms with Crippen LogP contribution in [0.1, 0.15) is 0 Å². The topological polar surface area (TPSA) is 75.9 Å². The molecule has 3 aromatic heterocycles. The average Bonchev–Trinajstić information content (AvgIpc) is 3.16. The number of nitrogens with zero attached hydrogens (tertiary/aromatic N) is 5. The predicted molar refractivity (Wildman–Crippen MR) is 113 cm³/mol. The summed E-state index contributed by atoms with van der Waals surface area (Å²) in [5.74, 6) is -0.522. The molecule has 156 valence electrons. The molecule has 1 fully saturated rings. The van der Waals surface area contributed by atoms with Gasteiger partial charge in [-0.25, -0.2) is 23.2 Å². The van der Waals surface area contributed by atoms with E-state index in [0.29, 0.717) is 33.0 Å². The lowest BCUT2D eigenvalue weighted by molar-refractivity contribution is 0.0974. The zero-order valence-corrected chi connectivity index (χ0v) is 16.7. The average molecular weight is 441 g/mol. The molecule has 5 rings (SSSR count). The van der Waals surface area contributed by atoms with Gasteiger partial charge < -0.3 is 10.2 Å². The molecule has 10 heteroatoms. The highest BCUT2D eigenvalue weighted by molar-refractivity contribution is 6.33. The summed E-state index contributed by atoms with van der Waals surface area (Å²) < 4.78 is 28.8. The number of benzene rings is 1. The van der Waals surface area contributed by atoms with E-state index >= 15 is 0 Å². The van der Waals surface area contributed by atoms with Crippen LogP contribution < -0.4 is 5.32 Å². The molecule has 0 radical (unpaired) electrons. The van der Waals surface area contributed by atoms with Gasteiger partial charge in [0.2, 0.25) is 0 Å². The van der Waals surface area contributed by atoms with Crippen LogP contribution in [-0.2, 0) is 0 Å². The summed E-state index contributed by atoms with van der Waals surface area (Å²) in [5.41, 5.74) is 2.22. The zero-order chi connectivity index (χ0) is 21.5. The Morgan fingerprint density at radius 2 is 2.03 bits per heavy atom. The van der Waals surface area contributed by atoms with Crippen molar-refractivity contribution in [3.05, 3.63) is 65.8 Å². The van der Waals surface area contributed by atoms with Crippen molar-refractivity contribution in [1.29, 1.82) is 0 Å². The van der Waals surface area contributed by atoms with Gasteiger partial charge >= 0.3 is 6.03 Å². The minimum atomic E-state index is -0.996. The number of carbonyl (C=O) groups excluding carboxylic acids is 1. The van der Waals surface area contributed by atoms with E-state index in [0.717, 1.165) is 0 Å². The van der Waals surface area contributed by atoms with Crippen LogP contribution in [0.3, 0.4) is 0 Å². The fourth-order valence-electron chi connectivity index (χ4n) is 3.33. The van der Waals surface area contributed by atoms with Crippen molar-refractivity contribution in [1.82, 2.24) is 24.6 Å². The maximum atomic E-state index is 14.5. The van der Waals surface area contributed by atoms with Gasteiger partial charge in [0.25, 0.3) is 0 Å². The summed E-state index contributed by atoms with van der Waals surface area (Å²) >= 11 is 6.22. The first-order valence-electron chi connectivity index (χ1n) is 9.44. The van der Waals surface area contributed by atoms with Gasteiger partial charge in [-0.2, -0.15) is 0 Å². The van der Waals surface area contributed by atoms with Gasteiger partial charge in [0.05, 0.1) is 23.8 Å². The van der Waals surface area contributed by atoms with E-state index in [1.807, 2.05) is 6.07 Å². The van der Waals surface area contributed by atoms with Crippen molar-refractivity contribution in [2.75, 3.05) is 18.4 Å². The molecule has 7 nitrogen and oxygen atoms in total. The van der Waals surface area contributed by atoms with Crippen LogP contribution in [-0.4, -0.2) is 49.9 Å². The zero-order valence-electron chi connectivity index (χ0n) is 16.0. The number of anilines is 1. The molecule has 2 amide bonds. The Bertz CT molecular complexity index is 1300. The van der Waals surface area contributed by atoms with Crippen molar-refractivity contribution < 1.29 is 13.6 Å². The fourth-order valence-corrected chi connectivity index (χ4v) is 3.56. The van der Waals surface area contributed by atoms with Crippen molar-refractivity contribution >= 4 is 34.4 Å². The molecule has 0 saturated carbocycles. The van der Waals surface area contributed by atoms with Crippen molar-refractivity contribution in [3.8, 4) is 16.9 Å².